The average Bonchev–Trinajstić information content (AvgIpc) is 3.34. The highest BCUT2D eigenvalue weighted by molar-refractivity contribution is 5.67. The molecule has 0 saturated heterocycles. The summed E-state index contributed by atoms with van der Waals surface area (Å²) in [4.78, 5) is 2.09. The molecular formula is C20H27F3N4O. The first kappa shape index (κ1) is 20.7. The standard InChI is InChI=1S/C20H27F3N4O/c1-13-8-15(18-16(10-25-26-18)11-27(3)7-6-24-2)9-17(20(21,22)23)19(13)28-12-14-4-5-14/h8-10,14,24H,4-7,11-12H2,1-3H3,(H,25,26). The number of hydrogen-bond donors (Lipinski definition) is 2. The van der Waals surface area contributed by atoms with Gasteiger partial charge >= 0.3 is 6.18 Å². The number of ether oxygens (including phenoxy) is 1. The third-order valence-electron chi connectivity index (χ3n) is 4.92. The molecule has 1 saturated carbocycles. The van der Waals surface area contributed by atoms with E-state index in [-0.39, 0.29) is 5.75 Å². The maximum Gasteiger partial charge on any atom is 0.419 e. The minimum absolute atomic E-state index is 0.0635. The summed E-state index contributed by atoms with van der Waals surface area (Å²) in [5.74, 6) is 0.317. The van der Waals surface area contributed by atoms with E-state index < -0.39 is 11.7 Å². The van der Waals surface area contributed by atoms with Crippen molar-refractivity contribution in [3.8, 4) is 17.0 Å². The Morgan fingerprint density at radius 1 is 1.32 bits per heavy atom. The Hall–Kier alpha value is -2.06. The van der Waals surface area contributed by atoms with Crippen LogP contribution in [0.15, 0.2) is 18.3 Å². The van der Waals surface area contributed by atoms with Crippen molar-refractivity contribution in [2.75, 3.05) is 33.8 Å². The molecule has 154 valence electrons. The van der Waals surface area contributed by atoms with Gasteiger partial charge in [-0.2, -0.15) is 18.3 Å². The van der Waals surface area contributed by atoms with Gasteiger partial charge in [0.1, 0.15) is 5.75 Å². The Labute approximate surface area is 163 Å². The normalized spacial score (nSPS) is 14.7. The molecule has 0 atom stereocenters. The van der Waals surface area contributed by atoms with Crippen molar-refractivity contribution in [1.29, 1.82) is 0 Å². The Morgan fingerprint density at radius 3 is 2.71 bits per heavy atom. The predicted molar refractivity (Wildman–Crippen MR) is 102 cm³/mol. The Bertz CT molecular complexity index is 799. The fraction of sp³-hybridized carbons (Fsp3) is 0.550. The highest BCUT2D eigenvalue weighted by Crippen LogP contribution is 2.42. The van der Waals surface area contributed by atoms with Crippen LogP contribution in [0, 0.1) is 12.8 Å². The molecule has 8 heteroatoms. The van der Waals surface area contributed by atoms with E-state index in [2.05, 4.69) is 20.4 Å². The molecule has 1 aromatic carbocycles. The van der Waals surface area contributed by atoms with E-state index in [1.165, 1.54) is 0 Å². The quantitative estimate of drug-likeness (QED) is 0.676. The van der Waals surface area contributed by atoms with Crippen LogP contribution in [-0.4, -0.2) is 48.9 Å². The topological polar surface area (TPSA) is 53.2 Å². The number of aromatic nitrogens is 2. The first-order valence-corrected chi connectivity index (χ1v) is 9.50. The number of hydrogen-bond acceptors (Lipinski definition) is 4. The van der Waals surface area contributed by atoms with Crippen LogP contribution in [-0.2, 0) is 12.7 Å². The van der Waals surface area contributed by atoms with Crippen LogP contribution in [0.3, 0.4) is 0 Å². The van der Waals surface area contributed by atoms with Gasteiger partial charge in [-0.1, -0.05) is 0 Å². The number of halogens is 3. The van der Waals surface area contributed by atoms with Gasteiger partial charge < -0.3 is 15.0 Å². The first-order valence-electron chi connectivity index (χ1n) is 9.50. The largest absolute Gasteiger partial charge is 0.492 e. The van der Waals surface area contributed by atoms with Crippen LogP contribution >= 0.6 is 0 Å². The van der Waals surface area contributed by atoms with Crippen molar-refractivity contribution in [3.05, 3.63) is 35.0 Å². The van der Waals surface area contributed by atoms with Gasteiger partial charge in [-0.25, -0.2) is 0 Å². The molecule has 0 amide bonds. The first-order chi connectivity index (χ1) is 13.3. The molecule has 2 N–H and O–H groups in total. The lowest BCUT2D eigenvalue weighted by Gasteiger charge is -2.19. The van der Waals surface area contributed by atoms with Crippen LogP contribution in [0.2, 0.25) is 0 Å². The lowest BCUT2D eigenvalue weighted by Crippen LogP contribution is -2.27. The van der Waals surface area contributed by atoms with E-state index >= 15 is 0 Å². The van der Waals surface area contributed by atoms with Gasteiger partial charge in [0.05, 0.1) is 17.9 Å². The van der Waals surface area contributed by atoms with E-state index in [9.17, 15) is 13.2 Å². The SMILES string of the molecule is CNCCN(C)Cc1c[nH]nc1-c1cc(C)c(OCC2CC2)c(C(F)(F)F)c1. The molecule has 0 aliphatic heterocycles. The number of H-pyrrole nitrogens is 1. The molecule has 1 aliphatic rings. The molecule has 2 aromatic rings. The zero-order valence-electron chi connectivity index (χ0n) is 16.5. The number of nitrogens with one attached hydrogen (secondary N) is 2. The fourth-order valence-electron chi connectivity index (χ4n) is 3.16. The van der Waals surface area contributed by atoms with Crippen LogP contribution in [0.25, 0.3) is 11.3 Å². The smallest absolute Gasteiger partial charge is 0.419 e. The van der Waals surface area contributed by atoms with Crippen LogP contribution < -0.4 is 10.1 Å². The highest BCUT2D eigenvalue weighted by atomic mass is 19.4. The summed E-state index contributed by atoms with van der Waals surface area (Å²) >= 11 is 0. The van der Waals surface area contributed by atoms with Crippen molar-refractivity contribution in [1.82, 2.24) is 20.4 Å². The number of alkyl halides is 3. The van der Waals surface area contributed by atoms with Gasteiger partial charge in [0.15, 0.2) is 0 Å². The monoisotopic (exact) mass is 396 g/mol. The summed E-state index contributed by atoms with van der Waals surface area (Å²) in [6.45, 7) is 4.24. The third-order valence-corrected chi connectivity index (χ3v) is 4.92. The van der Waals surface area contributed by atoms with Crippen molar-refractivity contribution >= 4 is 0 Å². The Morgan fingerprint density at radius 2 is 2.07 bits per heavy atom. The van der Waals surface area contributed by atoms with Gasteiger partial charge in [-0.05, 0) is 57.5 Å². The zero-order chi connectivity index (χ0) is 20.3. The summed E-state index contributed by atoms with van der Waals surface area (Å²) < 4.78 is 46.7. The van der Waals surface area contributed by atoms with Crippen LogP contribution in [0.5, 0.6) is 5.75 Å². The maximum atomic E-state index is 13.7. The molecule has 1 heterocycles. The second-order valence-electron chi connectivity index (χ2n) is 7.52. The van der Waals surface area contributed by atoms with Gasteiger partial charge in [0.25, 0.3) is 0 Å². The molecule has 3 rings (SSSR count). The molecule has 0 bridgehead atoms. The van der Waals surface area contributed by atoms with Crippen LogP contribution in [0.1, 0.15) is 29.5 Å². The molecule has 5 nitrogen and oxygen atoms in total. The summed E-state index contributed by atoms with van der Waals surface area (Å²) in [5, 5.41) is 10.1. The molecule has 28 heavy (non-hydrogen) atoms. The van der Waals surface area contributed by atoms with Crippen molar-refractivity contribution in [3.63, 3.8) is 0 Å². The highest BCUT2D eigenvalue weighted by Gasteiger charge is 2.36. The fourth-order valence-corrected chi connectivity index (χ4v) is 3.16. The Balaban J connectivity index is 1.90. The molecular weight excluding hydrogens is 369 g/mol. The number of nitrogens with zero attached hydrogens (tertiary/aromatic N) is 2. The lowest BCUT2D eigenvalue weighted by atomic mass is 10.00. The van der Waals surface area contributed by atoms with Gasteiger partial charge in [0.2, 0.25) is 0 Å². The predicted octanol–water partition coefficient (Wildman–Crippen LogP) is 3.84. The number of rotatable bonds is 9. The Kier molecular flexibility index (Phi) is 6.30. The number of aryl methyl sites for hydroxylation is 1. The number of benzene rings is 1. The summed E-state index contributed by atoms with van der Waals surface area (Å²) in [6, 6.07) is 2.88. The molecule has 0 unspecified atom stereocenters. The van der Waals surface area contributed by atoms with E-state index in [4.69, 9.17) is 4.74 Å². The van der Waals surface area contributed by atoms with Gasteiger partial charge in [0, 0.05) is 37.0 Å². The summed E-state index contributed by atoms with van der Waals surface area (Å²) in [6.07, 6.45) is -0.697. The molecule has 1 fully saturated rings. The second kappa shape index (κ2) is 8.53. The lowest BCUT2D eigenvalue weighted by molar-refractivity contribution is -0.139. The third kappa shape index (κ3) is 5.05. The molecule has 0 radical (unpaired) electrons. The summed E-state index contributed by atoms with van der Waals surface area (Å²) in [7, 11) is 3.85. The number of likely N-dealkylation sites (N-methyl/N-ethyl adjacent to an activating group) is 2. The van der Waals surface area contributed by atoms with E-state index in [1.54, 1.807) is 19.2 Å². The molecule has 0 spiro atoms. The molecule has 1 aromatic heterocycles. The maximum absolute atomic E-state index is 13.7. The minimum atomic E-state index is -4.49. The zero-order valence-corrected chi connectivity index (χ0v) is 16.5. The van der Waals surface area contributed by atoms with E-state index in [0.717, 1.165) is 37.6 Å². The van der Waals surface area contributed by atoms with Gasteiger partial charge in [-0.3, -0.25) is 5.10 Å². The van der Waals surface area contributed by atoms with Gasteiger partial charge in [-0.15, -0.1) is 0 Å². The van der Waals surface area contributed by atoms with Crippen molar-refractivity contribution < 1.29 is 17.9 Å². The van der Waals surface area contributed by atoms with E-state index in [1.807, 2.05) is 14.1 Å². The number of aromatic amines is 1. The van der Waals surface area contributed by atoms with Crippen molar-refractivity contribution in [2.24, 2.45) is 5.92 Å². The van der Waals surface area contributed by atoms with E-state index in [0.29, 0.717) is 35.9 Å². The minimum Gasteiger partial charge on any atom is -0.492 e. The van der Waals surface area contributed by atoms with Crippen LogP contribution in [0.4, 0.5) is 13.2 Å². The second-order valence-corrected chi connectivity index (χ2v) is 7.52. The molecule has 1 aliphatic carbocycles. The average molecular weight is 396 g/mol. The summed E-state index contributed by atoms with van der Waals surface area (Å²) in [5.41, 5.74) is 1.59. The van der Waals surface area contributed by atoms with Crippen molar-refractivity contribution in [2.45, 2.75) is 32.5 Å².